The molecule has 0 fully saturated rings. The van der Waals surface area contributed by atoms with Crippen LogP contribution in [0.5, 0.6) is 0 Å². The summed E-state index contributed by atoms with van der Waals surface area (Å²) in [5, 5.41) is 23.1. The number of nitrogens with zero attached hydrogens (tertiary/aromatic N) is 1. The van der Waals surface area contributed by atoms with Crippen LogP contribution < -0.4 is 5.32 Å². The summed E-state index contributed by atoms with van der Waals surface area (Å²) in [7, 11) is 0. The van der Waals surface area contributed by atoms with Gasteiger partial charge in [-0.05, 0) is 32.4 Å². The second-order valence-electron chi connectivity index (χ2n) is 6.54. The number of H-pyrrole nitrogens is 1. The van der Waals surface area contributed by atoms with Gasteiger partial charge in [-0.1, -0.05) is 0 Å². The maximum absolute atomic E-state index is 11.8. The summed E-state index contributed by atoms with van der Waals surface area (Å²) in [4.78, 5) is 36.6. The molecule has 1 heterocycles. The molecule has 0 aliphatic carbocycles. The van der Waals surface area contributed by atoms with Crippen molar-refractivity contribution in [2.45, 2.75) is 38.8 Å². The lowest BCUT2D eigenvalue weighted by atomic mass is 10.0. The number of carbonyl (C=O) groups is 2. The minimum atomic E-state index is -1.23. The van der Waals surface area contributed by atoms with Crippen molar-refractivity contribution in [2.24, 2.45) is 0 Å². The summed E-state index contributed by atoms with van der Waals surface area (Å²) in [6, 6.07) is 3.05. The van der Waals surface area contributed by atoms with Crippen molar-refractivity contribution in [1.82, 2.24) is 10.3 Å². The van der Waals surface area contributed by atoms with Gasteiger partial charge >= 0.3 is 12.1 Å². The largest absolute Gasteiger partial charge is 0.480 e. The van der Waals surface area contributed by atoms with E-state index in [0.29, 0.717) is 16.5 Å². The Morgan fingerprint density at radius 1 is 1.40 bits per heavy atom. The first-order chi connectivity index (χ1) is 11.6. The zero-order chi connectivity index (χ0) is 18.8. The highest BCUT2D eigenvalue weighted by Crippen LogP contribution is 2.24. The number of nitro benzene ring substituents is 1. The zero-order valence-corrected chi connectivity index (χ0v) is 14.0. The van der Waals surface area contributed by atoms with Gasteiger partial charge in [0.25, 0.3) is 5.69 Å². The molecule has 2 aromatic rings. The second-order valence-corrected chi connectivity index (χ2v) is 6.54. The van der Waals surface area contributed by atoms with Crippen LogP contribution in [-0.4, -0.2) is 38.7 Å². The fourth-order valence-corrected chi connectivity index (χ4v) is 2.32. The van der Waals surface area contributed by atoms with Crippen LogP contribution in [0.2, 0.25) is 0 Å². The van der Waals surface area contributed by atoms with Gasteiger partial charge in [0.1, 0.15) is 11.6 Å². The first kappa shape index (κ1) is 18.2. The van der Waals surface area contributed by atoms with Crippen molar-refractivity contribution < 1.29 is 24.4 Å². The fourth-order valence-electron chi connectivity index (χ4n) is 2.32. The molecule has 0 aliphatic rings. The standard InChI is InChI=1S/C16H19N3O6/c1-16(2,3)25-15(22)18-13(14(20)21)6-9-8-17-12-5-4-10(19(23)24)7-11(9)12/h4-5,7-8,13,17H,6H2,1-3H3,(H,18,22)(H,20,21)/t13-/m0/s1. The van der Waals surface area contributed by atoms with E-state index in [0.717, 1.165) is 0 Å². The molecular weight excluding hydrogens is 330 g/mol. The van der Waals surface area contributed by atoms with Crippen LogP contribution in [0, 0.1) is 10.1 Å². The number of alkyl carbamates (subject to hydrolysis) is 1. The minimum Gasteiger partial charge on any atom is -0.480 e. The van der Waals surface area contributed by atoms with Crippen LogP contribution >= 0.6 is 0 Å². The summed E-state index contributed by atoms with van der Waals surface area (Å²) in [5.74, 6) is -1.23. The molecule has 9 heteroatoms. The van der Waals surface area contributed by atoms with Gasteiger partial charge in [0, 0.05) is 35.7 Å². The third-order valence-electron chi connectivity index (χ3n) is 3.37. The maximum atomic E-state index is 11.8. The number of aromatic amines is 1. The van der Waals surface area contributed by atoms with Crippen LogP contribution in [-0.2, 0) is 16.0 Å². The lowest BCUT2D eigenvalue weighted by molar-refractivity contribution is -0.384. The number of carboxylic acids is 1. The summed E-state index contributed by atoms with van der Waals surface area (Å²) in [6.07, 6.45) is 0.683. The number of fused-ring (bicyclic) bond motifs is 1. The number of hydrogen-bond acceptors (Lipinski definition) is 5. The van der Waals surface area contributed by atoms with Gasteiger partial charge in [-0.15, -0.1) is 0 Å². The molecule has 2 rings (SSSR count). The Bertz CT molecular complexity index is 821. The van der Waals surface area contributed by atoms with E-state index >= 15 is 0 Å². The predicted molar refractivity (Wildman–Crippen MR) is 89.5 cm³/mol. The highest BCUT2D eigenvalue weighted by atomic mass is 16.6. The quantitative estimate of drug-likeness (QED) is 0.561. The number of nitrogens with one attached hydrogen (secondary N) is 2. The van der Waals surface area contributed by atoms with E-state index in [4.69, 9.17) is 4.74 Å². The summed E-state index contributed by atoms with van der Waals surface area (Å²) in [6.45, 7) is 5.00. The van der Waals surface area contributed by atoms with Crippen molar-refractivity contribution >= 4 is 28.7 Å². The van der Waals surface area contributed by atoms with E-state index in [1.54, 1.807) is 33.0 Å². The van der Waals surface area contributed by atoms with Crippen LogP contribution in [0.1, 0.15) is 26.3 Å². The normalized spacial score (nSPS) is 12.6. The number of amides is 1. The van der Waals surface area contributed by atoms with Crippen molar-refractivity contribution in [1.29, 1.82) is 0 Å². The third kappa shape index (κ3) is 4.69. The first-order valence-electron chi connectivity index (χ1n) is 7.53. The number of nitro groups is 1. The molecule has 0 unspecified atom stereocenters. The predicted octanol–water partition coefficient (Wildman–Crippen LogP) is 2.60. The van der Waals surface area contributed by atoms with Gasteiger partial charge in [0.2, 0.25) is 0 Å². The first-order valence-corrected chi connectivity index (χ1v) is 7.53. The number of aliphatic carboxylic acids is 1. The van der Waals surface area contributed by atoms with Gasteiger partial charge < -0.3 is 20.1 Å². The van der Waals surface area contributed by atoms with Gasteiger partial charge in [-0.3, -0.25) is 10.1 Å². The van der Waals surface area contributed by atoms with Crippen molar-refractivity contribution in [2.75, 3.05) is 0 Å². The molecule has 0 aliphatic heterocycles. The van der Waals surface area contributed by atoms with Gasteiger partial charge in [0.15, 0.2) is 0 Å². The van der Waals surface area contributed by atoms with E-state index in [2.05, 4.69) is 10.3 Å². The molecule has 0 saturated carbocycles. The molecule has 1 aromatic heterocycles. The van der Waals surface area contributed by atoms with E-state index in [1.807, 2.05) is 0 Å². The number of non-ortho nitro benzene ring substituents is 1. The van der Waals surface area contributed by atoms with Crippen LogP contribution in [0.25, 0.3) is 10.9 Å². The average Bonchev–Trinajstić information content (AvgIpc) is 2.86. The van der Waals surface area contributed by atoms with Crippen molar-refractivity contribution in [3.05, 3.63) is 40.1 Å². The average molecular weight is 349 g/mol. The van der Waals surface area contributed by atoms with Gasteiger partial charge in [-0.2, -0.15) is 0 Å². The van der Waals surface area contributed by atoms with Crippen molar-refractivity contribution in [3.8, 4) is 0 Å². The van der Waals surface area contributed by atoms with E-state index in [9.17, 15) is 24.8 Å². The highest BCUT2D eigenvalue weighted by Gasteiger charge is 2.25. The molecule has 134 valence electrons. The lowest BCUT2D eigenvalue weighted by Crippen LogP contribution is -2.44. The number of benzene rings is 1. The summed E-state index contributed by atoms with van der Waals surface area (Å²) < 4.78 is 5.07. The Morgan fingerprint density at radius 2 is 2.08 bits per heavy atom. The topological polar surface area (TPSA) is 135 Å². The van der Waals surface area contributed by atoms with Crippen LogP contribution in [0.15, 0.2) is 24.4 Å². The molecule has 9 nitrogen and oxygen atoms in total. The monoisotopic (exact) mass is 349 g/mol. The minimum absolute atomic E-state index is 0.0459. The number of aromatic nitrogens is 1. The zero-order valence-electron chi connectivity index (χ0n) is 14.0. The smallest absolute Gasteiger partial charge is 0.408 e. The molecule has 0 bridgehead atoms. The van der Waals surface area contributed by atoms with Crippen molar-refractivity contribution in [3.63, 3.8) is 0 Å². The Hall–Kier alpha value is -3.10. The molecule has 25 heavy (non-hydrogen) atoms. The molecule has 0 spiro atoms. The Labute approximate surface area is 143 Å². The van der Waals surface area contributed by atoms with Crippen LogP contribution in [0.4, 0.5) is 10.5 Å². The fraction of sp³-hybridized carbons (Fsp3) is 0.375. The van der Waals surface area contributed by atoms with Gasteiger partial charge in [0.05, 0.1) is 4.92 Å². The SMILES string of the molecule is CC(C)(C)OC(=O)N[C@@H](Cc1c[nH]c2ccc([N+](=O)[O-])cc12)C(=O)O. The van der Waals surface area contributed by atoms with E-state index in [-0.39, 0.29) is 12.1 Å². The third-order valence-corrected chi connectivity index (χ3v) is 3.37. The number of carbonyl (C=O) groups excluding carboxylic acids is 1. The second kappa shape index (κ2) is 6.80. The molecule has 1 aromatic carbocycles. The molecule has 1 amide bonds. The Balaban J connectivity index is 2.23. The highest BCUT2D eigenvalue weighted by molar-refractivity contribution is 5.87. The number of carboxylic acid groups (broad SMARTS) is 1. The number of rotatable bonds is 5. The number of ether oxygens (including phenoxy) is 1. The molecule has 3 N–H and O–H groups in total. The molecule has 0 radical (unpaired) electrons. The maximum Gasteiger partial charge on any atom is 0.408 e. The van der Waals surface area contributed by atoms with E-state index < -0.39 is 28.6 Å². The Morgan fingerprint density at radius 3 is 2.64 bits per heavy atom. The summed E-state index contributed by atoms with van der Waals surface area (Å²) in [5.41, 5.74) is 0.332. The molecular formula is C16H19N3O6. The molecule has 1 atom stereocenters. The van der Waals surface area contributed by atoms with Gasteiger partial charge in [-0.25, -0.2) is 9.59 Å². The van der Waals surface area contributed by atoms with E-state index in [1.165, 1.54) is 12.1 Å². The Kier molecular flexibility index (Phi) is 4.96. The lowest BCUT2D eigenvalue weighted by Gasteiger charge is -2.21. The number of hydrogen-bond donors (Lipinski definition) is 3. The van der Waals surface area contributed by atoms with Crippen LogP contribution in [0.3, 0.4) is 0 Å². The molecule has 0 saturated heterocycles. The summed E-state index contributed by atoms with van der Waals surface area (Å²) >= 11 is 0.